The normalized spacial score (nSPS) is 10.3. The number of carbonyl (C=O) groups excluding carboxylic acids is 2. The van der Waals surface area contributed by atoms with Gasteiger partial charge in [-0.25, -0.2) is 0 Å². The van der Waals surface area contributed by atoms with E-state index in [0.717, 1.165) is 46.0 Å². The Morgan fingerprint density at radius 1 is 0.467 bits per heavy atom. The minimum atomic E-state index is 0.386. The average molecular weight is 388 g/mol. The van der Waals surface area contributed by atoms with Gasteiger partial charge in [-0.15, -0.1) is 0 Å². The Morgan fingerprint density at radius 2 is 0.933 bits per heavy atom. The second-order valence-corrected chi connectivity index (χ2v) is 6.89. The van der Waals surface area contributed by atoms with Gasteiger partial charge in [0.15, 0.2) is 12.6 Å². The van der Waals surface area contributed by atoms with E-state index in [4.69, 9.17) is 0 Å². The highest BCUT2D eigenvalue weighted by molar-refractivity contribution is 6.08. The molecular formula is C28H20O2. The van der Waals surface area contributed by atoms with Gasteiger partial charge >= 0.3 is 0 Å². The van der Waals surface area contributed by atoms with Crippen LogP contribution in [0, 0.1) is 0 Å². The third-order valence-electron chi connectivity index (χ3n) is 5.09. The van der Waals surface area contributed by atoms with E-state index in [1.54, 1.807) is 6.07 Å². The standard InChI is InChI=1S/C28H20O2/c29-19-24-17-10-18-25(26(24)20-30)28(23-15-8-3-9-16-23)27(21-11-4-1-5-12-21)22-13-6-2-7-14-22/h1-20H. The second-order valence-electron chi connectivity index (χ2n) is 6.89. The van der Waals surface area contributed by atoms with Crippen molar-refractivity contribution in [2.24, 2.45) is 0 Å². The molecule has 0 aliphatic rings. The molecular weight excluding hydrogens is 368 g/mol. The van der Waals surface area contributed by atoms with Gasteiger partial charge < -0.3 is 0 Å². The Kier molecular flexibility index (Phi) is 5.77. The van der Waals surface area contributed by atoms with Gasteiger partial charge in [0.25, 0.3) is 0 Å². The van der Waals surface area contributed by atoms with Gasteiger partial charge in [-0.1, -0.05) is 109 Å². The van der Waals surface area contributed by atoms with E-state index in [2.05, 4.69) is 24.3 Å². The molecule has 30 heavy (non-hydrogen) atoms. The summed E-state index contributed by atoms with van der Waals surface area (Å²) in [6.07, 6.45) is 1.51. The lowest BCUT2D eigenvalue weighted by atomic mass is 9.83. The first-order chi connectivity index (χ1) is 14.8. The van der Waals surface area contributed by atoms with Gasteiger partial charge in [-0.2, -0.15) is 0 Å². The molecule has 0 atom stereocenters. The fourth-order valence-corrected chi connectivity index (χ4v) is 3.74. The molecule has 144 valence electrons. The van der Waals surface area contributed by atoms with Crippen LogP contribution in [0.5, 0.6) is 0 Å². The van der Waals surface area contributed by atoms with E-state index in [1.807, 2.05) is 78.9 Å². The van der Waals surface area contributed by atoms with Crippen molar-refractivity contribution in [1.82, 2.24) is 0 Å². The molecule has 0 radical (unpaired) electrons. The predicted molar refractivity (Wildman–Crippen MR) is 122 cm³/mol. The molecule has 4 aromatic rings. The number of benzene rings is 4. The molecule has 0 spiro atoms. The highest BCUT2D eigenvalue weighted by atomic mass is 16.1. The molecule has 4 aromatic carbocycles. The van der Waals surface area contributed by atoms with Gasteiger partial charge in [0, 0.05) is 11.1 Å². The number of hydrogen-bond donors (Lipinski definition) is 0. The Balaban J connectivity index is 2.17. The first kappa shape index (κ1) is 19.3. The van der Waals surface area contributed by atoms with Crippen LogP contribution in [0.25, 0.3) is 11.1 Å². The number of rotatable bonds is 6. The summed E-state index contributed by atoms with van der Waals surface area (Å²) >= 11 is 0. The van der Waals surface area contributed by atoms with E-state index in [1.165, 1.54) is 0 Å². The minimum absolute atomic E-state index is 0.386. The summed E-state index contributed by atoms with van der Waals surface area (Å²) in [6, 6.07) is 35.6. The summed E-state index contributed by atoms with van der Waals surface area (Å²) in [5, 5.41) is 0. The van der Waals surface area contributed by atoms with Gasteiger partial charge in [0.2, 0.25) is 0 Å². The molecule has 2 nitrogen and oxygen atoms in total. The predicted octanol–water partition coefficient (Wildman–Crippen LogP) is 6.32. The number of aldehydes is 2. The Labute approximate surface area is 176 Å². The lowest BCUT2D eigenvalue weighted by molar-refractivity contribution is 0.109. The van der Waals surface area contributed by atoms with E-state index < -0.39 is 0 Å². The largest absolute Gasteiger partial charge is 0.298 e. The van der Waals surface area contributed by atoms with Crippen LogP contribution < -0.4 is 0 Å². The van der Waals surface area contributed by atoms with E-state index in [-0.39, 0.29) is 0 Å². The number of carbonyl (C=O) groups is 2. The maximum atomic E-state index is 12.1. The van der Waals surface area contributed by atoms with Crippen LogP contribution in [0.1, 0.15) is 43.0 Å². The smallest absolute Gasteiger partial charge is 0.151 e. The first-order valence-electron chi connectivity index (χ1n) is 9.77. The molecule has 0 aromatic heterocycles. The highest BCUT2D eigenvalue weighted by Crippen LogP contribution is 2.38. The SMILES string of the molecule is O=Cc1cccc(C(=C(c2ccccc2)c2ccccc2)c2ccccc2)c1C=O. The molecule has 0 heterocycles. The van der Waals surface area contributed by atoms with Crippen molar-refractivity contribution < 1.29 is 9.59 Å². The van der Waals surface area contributed by atoms with Crippen LogP contribution >= 0.6 is 0 Å². The summed E-state index contributed by atoms with van der Waals surface area (Å²) in [6.45, 7) is 0. The minimum Gasteiger partial charge on any atom is -0.298 e. The van der Waals surface area contributed by atoms with Crippen molar-refractivity contribution >= 4 is 23.7 Å². The zero-order chi connectivity index (χ0) is 20.8. The fraction of sp³-hybridized carbons (Fsp3) is 0. The summed E-state index contributed by atoms with van der Waals surface area (Å²) in [4.78, 5) is 23.7. The van der Waals surface area contributed by atoms with Crippen LogP contribution in [-0.4, -0.2) is 12.6 Å². The molecule has 0 aliphatic heterocycles. The van der Waals surface area contributed by atoms with Crippen LogP contribution in [0.2, 0.25) is 0 Å². The Bertz CT molecular complexity index is 1150. The highest BCUT2D eigenvalue weighted by Gasteiger charge is 2.19. The summed E-state index contributed by atoms with van der Waals surface area (Å²) in [7, 11) is 0. The molecule has 0 amide bonds. The van der Waals surface area contributed by atoms with E-state index in [0.29, 0.717) is 11.1 Å². The van der Waals surface area contributed by atoms with Crippen molar-refractivity contribution in [2.45, 2.75) is 0 Å². The monoisotopic (exact) mass is 388 g/mol. The lowest BCUT2D eigenvalue weighted by Crippen LogP contribution is -2.03. The average Bonchev–Trinajstić information content (AvgIpc) is 2.83. The van der Waals surface area contributed by atoms with Crippen molar-refractivity contribution in [2.75, 3.05) is 0 Å². The molecule has 0 saturated carbocycles. The molecule has 0 saturated heterocycles. The Hall–Kier alpha value is -4.04. The number of hydrogen-bond acceptors (Lipinski definition) is 2. The molecule has 2 heteroatoms. The van der Waals surface area contributed by atoms with Crippen LogP contribution in [-0.2, 0) is 0 Å². The van der Waals surface area contributed by atoms with Gasteiger partial charge in [0.05, 0.1) is 0 Å². The maximum Gasteiger partial charge on any atom is 0.151 e. The molecule has 0 bridgehead atoms. The van der Waals surface area contributed by atoms with Crippen molar-refractivity contribution in [3.63, 3.8) is 0 Å². The van der Waals surface area contributed by atoms with Crippen LogP contribution in [0.4, 0.5) is 0 Å². The lowest BCUT2D eigenvalue weighted by Gasteiger charge is -2.19. The zero-order valence-corrected chi connectivity index (χ0v) is 16.4. The van der Waals surface area contributed by atoms with Crippen molar-refractivity contribution in [3.05, 3.63) is 143 Å². The van der Waals surface area contributed by atoms with E-state index in [9.17, 15) is 9.59 Å². The first-order valence-corrected chi connectivity index (χ1v) is 9.77. The van der Waals surface area contributed by atoms with Crippen LogP contribution in [0.15, 0.2) is 109 Å². The summed E-state index contributed by atoms with van der Waals surface area (Å²) in [5.41, 5.74) is 6.50. The van der Waals surface area contributed by atoms with Crippen molar-refractivity contribution in [1.29, 1.82) is 0 Å². The van der Waals surface area contributed by atoms with Gasteiger partial charge in [-0.3, -0.25) is 9.59 Å². The third-order valence-corrected chi connectivity index (χ3v) is 5.09. The quantitative estimate of drug-likeness (QED) is 0.286. The maximum absolute atomic E-state index is 12.1. The molecule has 0 N–H and O–H groups in total. The van der Waals surface area contributed by atoms with Crippen molar-refractivity contribution in [3.8, 4) is 0 Å². The fourth-order valence-electron chi connectivity index (χ4n) is 3.74. The Morgan fingerprint density at radius 3 is 1.37 bits per heavy atom. The van der Waals surface area contributed by atoms with Crippen LogP contribution in [0.3, 0.4) is 0 Å². The second kappa shape index (κ2) is 8.97. The van der Waals surface area contributed by atoms with Gasteiger partial charge in [0.1, 0.15) is 0 Å². The summed E-state index contributed by atoms with van der Waals surface area (Å²) in [5.74, 6) is 0. The third kappa shape index (κ3) is 3.76. The molecule has 0 fully saturated rings. The molecule has 4 rings (SSSR count). The summed E-state index contributed by atoms with van der Waals surface area (Å²) < 4.78 is 0. The zero-order valence-electron chi connectivity index (χ0n) is 16.4. The topological polar surface area (TPSA) is 34.1 Å². The van der Waals surface area contributed by atoms with E-state index >= 15 is 0 Å². The molecule has 0 aliphatic carbocycles. The van der Waals surface area contributed by atoms with Gasteiger partial charge in [-0.05, 0) is 33.4 Å². The molecule has 0 unspecified atom stereocenters.